The van der Waals surface area contributed by atoms with Gasteiger partial charge in [0.15, 0.2) is 11.5 Å². The van der Waals surface area contributed by atoms with E-state index in [9.17, 15) is 4.79 Å². The second-order valence-corrected chi connectivity index (χ2v) is 8.66. The summed E-state index contributed by atoms with van der Waals surface area (Å²) in [6, 6.07) is 7.17. The van der Waals surface area contributed by atoms with Crippen LogP contribution in [0.4, 0.5) is 5.69 Å². The smallest absolute Gasteiger partial charge is 0.259 e. The van der Waals surface area contributed by atoms with Crippen LogP contribution in [0.15, 0.2) is 28.8 Å². The Kier molecular flexibility index (Phi) is 5.75. The number of amides is 1. The van der Waals surface area contributed by atoms with Crippen molar-refractivity contribution in [2.24, 2.45) is 0 Å². The number of hydrogen-bond donors (Lipinski definition) is 1. The fourth-order valence-electron chi connectivity index (χ4n) is 3.65. The van der Waals surface area contributed by atoms with Crippen molar-refractivity contribution >= 4 is 34.0 Å². The molecule has 0 bridgehead atoms. The summed E-state index contributed by atoms with van der Waals surface area (Å²) in [6.45, 7) is 5.85. The third kappa shape index (κ3) is 3.75. The quantitative estimate of drug-likeness (QED) is 0.431. The minimum Gasteiger partial charge on any atom is -0.493 e. The molecule has 3 heterocycles. The number of thiophene rings is 1. The highest BCUT2D eigenvalue weighted by molar-refractivity contribution is 7.12. The van der Waals surface area contributed by atoms with Gasteiger partial charge in [-0.1, -0.05) is 5.16 Å². The largest absolute Gasteiger partial charge is 0.493 e. The summed E-state index contributed by atoms with van der Waals surface area (Å²) < 4.78 is 21.5. The molecule has 4 aromatic rings. The lowest BCUT2D eigenvalue weighted by Gasteiger charge is -2.15. The molecule has 1 amide bonds. The molecular formula is C23H23N3O5S. The maximum atomic E-state index is 13.4. The van der Waals surface area contributed by atoms with Crippen molar-refractivity contribution in [3.05, 3.63) is 45.3 Å². The Morgan fingerprint density at radius 3 is 2.25 bits per heavy atom. The van der Waals surface area contributed by atoms with Gasteiger partial charge in [0.05, 0.1) is 43.7 Å². The lowest BCUT2D eigenvalue weighted by Crippen LogP contribution is -2.13. The van der Waals surface area contributed by atoms with E-state index >= 15 is 0 Å². The van der Waals surface area contributed by atoms with E-state index in [1.807, 2.05) is 13.8 Å². The normalized spacial score (nSPS) is 10.9. The third-order valence-electron chi connectivity index (χ3n) is 5.10. The number of carbonyl (C=O) groups is 1. The van der Waals surface area contributed by atoms with Gasteiger partial charge < -0.3 is 24.1 Å². The van der Waals surface area contributed by atoms with Gasteiger partial charge in [-0.05, 0) is 32.9 Å². The van der Waals surface area contributed by atoms with E-state index in [1.54, 1.807) is 36.5 Å². The predicted molar refractivity (Wildman–Crippen MR) is 123 cm³/mol. The average molecular weight is 454 g/mol. The lowest BCUT2D eigenvalue weighted by molar-refractivity contribution is 0.102. The van der Waals surface area contributed by atoms with Crippen molar-refractivity contribution in [2.75, 3.05) is 26.6 Å². The SMILES string of the molecule is COc1cc(NC(=O)c2cc(-c3cc(C)sc3C)nc3onc(C)c23)cc(OC)c1OC. The van der Waals surface area contributed by atoms with Gasteiger partial charge in [-0.3, -0.25) is 4.79 Å². The van der Waals surface area contributed by atoms with E-state index in [-0.39, 0.29) is 5.91 Å². The Morgan fingerprint density at radius 1 is 1.00 bits per heavy atom. The first-order valence-corrected chi connectivity index (χ1v) is 10.6. The van der Waals surface area contributed by atoms with Crippen LogP contribution in [-0.2, 0) is 0 Å². The number of nitrogens with one attached hydrogen (secondary N) is 1. The molecule has 0 saturated heterocycles. The molecule has 8 nitrogen and oxygen atoms in total. The van der Waals surface area contributed by atoms with Crippen LogP contribution in [0.5, 0.6) is 17.2 Å². The number of pyridine rings is 1. The van der Waals surface area contributed by atoms with Gasteiger partial charge in [0, 0.05) is 33.1 Å². The van der Waals surface area contributed by atoms with Crippen LogP contribution in [0.3, 0.4) is 0 Å². The fraction of sp³-hybridized carbons (Fsp3) is 0.261. The molecule has 0 aliphatic carbocycles. The van der Waals surface area contributed by atoms with Crippen LogP contribution in [0.25, 0.3) is 22.4 Å². The van der Waals surface area contributed by atoms with E-state index in [2.05, 4.69) is 21.5 Å². The van der Waals surface area contributed by atoms with E-state index in [0.717, 1.165) is 15.3 Å². The fourth-order valence-corrected chi connectivity index (χ4v) is 4.58. The molecule has 1 aromatic carbocycles. The zero-order valence-corrected chi connectivity index (χ0v) is 19.5. The van der Waals surface area contributed by atoms with Crippen LogP contribution in [0.2, 0.25) is 0 Å². The second kappa shape index (κ2) is 8.51. The zero-order valence-electron chi connectivity index (χ0n) is 18.7. The molecule has 1 N–H and O–H groups in total. The van der Waals surface area contributed by atoms with Gasteiger partial charge in [0.25, 0.3) is 11.6 Å². The first-order valence-electron chi connectivity index (χ1n) is 9.82. The van der Waals surface area contributed by atoms with Gasteiger partial charge in [0.1, 0.15) is 0 Å². The van der Waals surface area contributed by atoms with Gasteiger partial charge in [-0.2, -0.15) is 0 Å². The maximum Gasteiger partial charge on any atom is 0.259 e. The topological polar surface area (TPSA) is 95.7 Å². The monoisotopic (exact) mass is 453 g/mol. The molecule has 0 aliphatic heterocycles. The minimum absolute atomic E-state index is 0.318. The van der Waals surface area contributed by atoms with Crippen molar-refractivity contribution in [1.82, 2.24) is 10.1 Å². The van der Waals surface area contributed by atoms with Gasteiger partial charge in [-0.25, -0.2) is 4.98 Å². The highest BCUT2D eigenvalue weighted by atomic mass is 32.1. The molecule has 3 aromatic heterocycles. The van der Waals surface area contributed by atoms with Crippen LogP contribution >= 0.6 is 11.3 Å². The first kappa shape index (κ1) is 21.6. The standard InChI is InChI=1S/C23H23N3O5S/c1-11-7-15(13(3)32-11)17-10-16(20-12(2)26-31-23(20)25-17)22(27)24-14-8-18(28-4)21(30-6)19(9-14)29-5/h7-10H,1-6H3,(H,24,27). The van der Waals surface area contributed by atoms with Crippen LogP contribution in [-0.4, -0.2) is 37.4 Å². The van der Waals surface area contributed by atoms with Crippen molar-refractivity contribution in [2.45, 2.75) is 20.8 Å². The number of anilines is 1. The average Bonchev–Trinajstić information content (AvgIpc) is 3.33. The maximum absolute atomic E-state index is 13.4. The van der Waals surface area contributed by atoms with Gasteiger partial charge >= 0.3 is 0 Å². The molecule has 0 atom stereocenters. The molecule has 0 radical (unpaired) electrons. The van der Waals surface area contributed by atoms with Gasteiger partial charge in [-0.15, -0.1) is 11.3 Å². The highest BCUT2D eigenvalue weighted by Gasteiger charge is 2.22. The van der Waals surface area contributed by atoms with Crippen LogP contribution in [0, 0.1) is 20.8 Å². The summed E-state index contributed by atoms with van der Waals surface area (Å²) in [6.07, 6.45) is 0. The number of methoxy groups -OCH3 is 3. The highest BCUT2D eigenvalue weighted by Crippen LogP contribution is 2.40. The number of aryl methyl sites for hydroxylation is 3. The second-order valence-electron chi connectivity index (χ2n) is 7.20. The van der Waals surface area contributed by atoms with E-state index in [1.165, 1.54) is 21.3 Å². The summed E-state index contributed by atoms with van der Waals surface area (Å²) in [5.74, 6) is 0.991. The van der Waals surface area contributed by atoms with Crippen LogP contribution < -0.4 is 19.5 Å². The Labute approximate surface area is 189 Å². The predicted octanol–water partition coefficient (Wildman–Crippen LogP) is 5.15. The zero-order chi connectivity index (χ0) is 23.0. The minimum atomic E-state index is -0.330. The molecule has 32 heavy (non-hydrogen) atoms. The van der Waals surface area contributed by atoms with Crippen LogP contribution in [0.1, 0.15) is 25.8 Å². The summed E-state index contributed by atoms with van der Waals surface area (Å²) >= 11 is 1.68. The van der Waals surface area contributed by atoms with E-state index in [0.29, 0.717) is 51.0 Å². The number of fused-ring (bicyclic) bond motifs is 1. The molecule has 0 aliphatic rings. The summed E-state index contributed by atoms with van der Waals surface area (Å²) in [5.41, 5.74) is 3.44. The Balaban J connectivity index is 1.80. The Bertz CT molecular complexity index is 1300. The van der Waals surface area contributed by atoms with Crippen molar-refractivity contribution in [1.29, 1.82) is 0 Å². The molecule has 0 unspecified atom stereocenters. The number of aromatic nitrogens is 2. The van der Waals surface area contributed by atoms with Crippen molar-refractivity contribution in [3.63, 3.8) is 0 Å². The molecular weight excluding hydrogens is 430 g/mol. The molecule has 0 saturated carbocycles. The third-order valence-corrected chi connectivity index (χ3v) is 6.07. The Hall–Kier alpha value is -3.59. The Morgan fingerprint density at radius 2 is 1.69 bits per heavy atom. The summed E-state index contributed by atoms with van der Waals surface area (Å²) in [5, 5.41) is 7.50. The molecule has 166 valence electrons. The number of nitrogens with zero attached hydrogens (tertiary/aromatic N) is 2. The molecule has 0 spiro atoms. The number of hydrogen-bond acceptors (Lipinski definition) is 8. The van der Waals surface area contributed by atoms with Crippen molar-refractivity contribution < 1.29 is 23.5 Å². The van der Waals surface area contributed by atoms with Crippen molar-refractivity contribution in [3.8, 4) is 28.5 Å². The van der Waals surface area contributed by atoms with E-state index < -0.39 is 0 Å². The molecule has 9 heteroatoms. The summed E-state index contributed by atoms with van der Waals surface area (Å²) in [7, 11) is 4.57. The number of benzene rings is 1. The van der Waals surface area contributed by atoms with E-state index in [4.69, 9.17) is 18.7 Å². The first-order chi connectivity index (χ1) is 15.4. The lowest BCUT2D eigenvalue weighted by atomic mass is 10.1. The number of ether oxygens (including phenoxy) is 3. The number of rotatable bonds is 6. The molecule has 4 rings (SSSR count). The summed E-state index contributed by atoms with van der Waals surface area (Å²) in [4.78, 5) is 20.3. The number of carbonyl (C=O) groups excluding carboxylic acids is 1. The molecule has 0 fully saturated rings. The van der Waals surface area contributed by atoms with Gasteiger partial charge in [0.2, 0.25) is 5.75 Å².